The van der Waals surface area contributed by atoms with Crippen molar-refractivity contribution in [2.45, 2.75) is 13.0 Å². The number of carbonyl (C=O) groups excluding carboxylic acids is 1. The molecule has 2 aromatic rings. The molecule has 2 nitrogen and oxygen atoms in total. The first-order chi connectivity index (χ1) is 9.45. The largest absolute Gasteiger partial charge is 0.341 e. The number of rotatable bonds is 4. The predicted molar refractivity (Wildman–Crippen MR) is 78.6 cm³/mol. The molecule has 1 aromatic heterocycles. The molecule has 0 aliphatic carbocycles. The van der Waals surface area contributed by atoms with Crippen molar-refractivity contribution in [3.8, 4) is 0 Å². The number of thiophene rings is 1. The highest BCUT2D eigenvalue weighted by molar-refractivity contribution is 9.11. The number of halogens is 3. The lowest BCUT2D eigenvalue weighted by Crippen LogP contribution is -2.27. The van der Waals surface area contributed by atoms with Gasteiger partial charge in [0.05, 0.1) is 10.2 Å². The van der Waals surface area contributed by atoms with E-state index in [2.05, 4.69) is 15.9 Å². The summed E-state index contributed by atoms with van der Waals surface area (Å²) in [4.78, 5) is 13.5. The molecule has 1 aromatic carbocycles. The molecule has 1 heterocycles. The number of amides is 1. The van der Waals surface area contributed by atoms with Gasteiger partial charge in [-0.3, -0.25) is 4.79 Å². The molecule has 0 saturated heterocycles. The number of likely N-dealkylation sites (N-methyl/N-ethyl adjacent to an activating group) is 1. The fraction of sp³-hybridized carbons (Fsp3) is 0.214. The third-order valence-electron chi connectivity index (χ3n) is 2.82. The molecule has 6 heteroatoms. The third kappa shape index (κ3) is 3.86. The topological polar surface area (TPSA) is 20.3 Å². The van der Waals surface area contributed by atoms with Crippen LogP contribution in [0.1, 0.15) is 11.1 Å². The summed E-state index contributed by atoms with van der Waals surface area (Å²) in [6.07, 6.45) is -0.0755. The molecular weight excluding hydrogens is 348 g/mol. The van der Waals surface area contributed by atoms with Crippen LogP contribution in [-0.2, 0) is 17.8 Å². The second kappa shape index (κ2) is 6.45. The van der Waals surface area contributed by atoms with Crippen molar-refractivity contribution < 1.29 is 13.6 Å². The molecule has 0 aliphatic rings. The van der Waals surface area contributed by atoms with Gasteiger partial charge >= 0.3 is 0 Å². The molecule has 1 amide bonds. The summed E-state index contributed by atoms with van der Waals surface area (Å²) in [5, 5.41) is 1.95. The first kappa shape index (κ1) is 15.1. The summed E-state index contributed by atoms with van der Waals surface area (Å²) in [7, 11) is 1.66. The number of nitrogens with zero attached hydrogens (tertiary/aromatic N) is 1. The molecule has 0 spiro atoms. The summed E-state index contributed by atoms with van der Waals surface area (Å²) >= 11 is 4.90. The van der Waals surface area contributed by atoms with Crippen LogP contribution in [-0.4, -0.2) is 17.9 Å². The van der Waals surface area contributed by atoms with Crippen molar-refractivity contribution in [3.63, 3.8) is 0 Å². The van der Waals surface area contributed by atoms with Crippen LogP contribution in [0.2, 0.25) is 0 Å². The molecule has 2 rings (SSSR count). The van der Waals surface area contributed by atoms with Gasteiger partial charge < -0.3 is 4.90 Å². The molecule has 0 atom stereocenters. The smallest absolute Gasteiger partial charge is 0.227 e. The Labute approximate surface area is 128 Å². The minimum absolute atomic E-state index is 0.0755. The lowest BCUT2D eigenvalue weighted by atomic mass is 10.1. The van der Waals surface area contributed by atoms with Crippen molar-refractivity contribution in [2.75, 3.05) is 7.05 Å². The maximum Gasteiger partial charge on any atom is 0.227 e. The highest BCUT2D eigenvalue weighted by atomic mass is 79.9. The molecule has 20 heavy (non-hydrogen) atoms. The predicted octanol–water partition coefficient (Wildman–Crippen LogP) is 3.99. The SMILES string of the molecule is CN(Cc1csc(Br)c1)C(=O)Cc1ccc(F)cc1F. The molecule has 0 fully saturated rings. The van der Waals surface area contributed by atoms with Crippen molar-refractivity contribution >= 4 is 33.2 Å². The molecule has 0 bridgehead atoms. The second-order valence-corrected chi connectivity index (χ2v) is 6.71. The highest BCUT2D eigenvalue weighted by Gasteiger charge is 2.14. The van der Waals surface area contributed by atoms with E-state index >= 15 is 0 Å². The zero-order valence-electron chi connectivity index (χ0n) is 10.7. The average molecular weight is 360 g/mol. The molecule has 0 saturated carbocycles. The monoisotopic (exact) mass is 359 g/mol. The van der Waals surface area contributed by atoms with E-state index in [0.29, 0.717) is 6.54 Å². The van der Waals surface area contributed by atoms with E-state index in [-0.39, 0.29) is 17.9 Å². The van der Waals surface area contributed by atoms with Gasteiger partial charge in [-0.05, 0) is 44.6 Å². The van der Waals surface area contributed by atoms with E-state index in [4.69, 9.17) is 0 Å². The Morgan fingerprint density at radius 2 is 2.10 bits per heavy atom. The van der Waals surface area contributed by atoms with Crippen molar-refractivity contribution in [3.05, 3.63) is 56.2 Å². The van der Waals surface area contributed by atoms with E-state index in [0.717, 1.165) is 21.5 Å². The van der Waals surface area contributed by atoms with Crippen LogP contribution in [0.5, 0.6) is 0 Å². The van der Waals surface area contributed by atoms with Crippen molar-refractivity contribution in [2.24, 2.45) is 0 Å². The van der Waals surface area contributed by atoms with E-state index in [1.54, 1.807) is 18.4 Å². The Morgan fingerprint density at radius 3 is 2.70 bits per heavy atom. The Morgan fingerprint density at radius 1 is 1.35 bits per heavy atom. The molecule has 106 valence electrons. The van der Waals surface area contributed by atoms with Gasteiger partial charge in [0, 0.05) is 19.7 Å². The number of benzene rings is 1. The minimum atomic E-state index is -0.690. The maximum absolute atomic E-state index is 13.5. The summed E-state index contributed by atoms with van der Waals surface area (Å²) in [6, 6.07) is 5.19. The molecule has 0 aliphatic heterocycles. The van der Waals surface area contributed by atoms with E-state index in [1.807, 2.05) is 11.4 Å². The standard InChI is InChI=1S/C14H12BrF2NOS/c1-18(7-9-4-13(15)20-8-9)14(19)5-10-2-3-11(16)6-12(10)17/h2-4,6,8H,5,7H2,1H3. The second-order valence-electron chi connectivity index (χ2n) is 4.42. The molecule has 0 unspecified atom stereocenters. The van der Waals surface area contributed by atoms with Gasteiger partial charge in [0.2, 0.25) is 5.91 Å². The van der Waals surface area contributed by atoms with Crippen LogP contribution in [0.3, 0.4) is 0 Å². The molecule has 0 radical (unpaired) electrons. The van der Waals surface area contributed by atoms with Gasteiger partial charge in [-0.1, -0.05) is 6.07 Å². The van der Waals surface area contributed by atoms with Crippen LogP contribution < -0.4 is 0 Å². The van der Waals surface area contributed by atoms with Gasteiger partial charge in [-0.2, -0.15) is 0 Å². The fourth-order valence-corrected chi connectivity index (χ4v) is 2.95. The Bertz CT molecular complexity index is 629. The van der Waals surface area contributed by atoms with Gasteiger partial charge in [0.25, 0.3) is 0 Å². The highest BCUT2D eigenvalue weighted by Crippen LogP contribution is 2.21. The summed E-state index contributed by atoms with van der Waals surface area (Å²) < 4.78 is 27.3. The number of hydrogen-bond acceptors (Lipinski definition) is 2. The van der Waals surface area contributed by atoms with Crippen LogP contribution in [0.4, 0.5) is 8.78 Å². The molecule has 0 N–H and O–H groups in total. The molecular formula is C14H12BrF2NOS. The first-order valence-electron chi connectivity index (χ1n) is 5.86. The van der Waals surface area contributed by atoms with Crippen LogP contribution in [0.15, 0.2) is 33.4 Å². The zero-order valence-corrected chi connectivity index (χ0v) is 13.1. The van der Waals surface area contributed by atoms with Gasteiger partial charge in [0.1, 0.15) is 11.6 Å². The van der Waals surface area contributed by atoms with Gasteiger partial charge in [-0.25, -0.2) is 8.78 Å². The van der Waals surface area contributed by atoms with E-state index in [1.165, 1.54) is 11.0 Å². The minimum Gasteiger partial charge on any atom is -0.341 e. The Kier molecular flexibility index (Phi) is 4.88. The van der Waals surface area contributed by atoms with E-state index in [9.17, 15) is 13.6 Å². The summed E-state index contributed by atoms with van der Waals surface area (Å²) in [6.45, 7) is 0.462. The van der Waals surface area contributed by atoms with Crippen LogP contribution in [0, 0.1) is 11.6 Å². The maximum atomic E-state index is 13.5. The summed E-state index contributed by atoms with van der Waals surface area (Å²) in [5.74, 6) is -1.54. The Hall–Kier alpha value is -1.27. The van der Waals surface area contributed by atoms with Crippen LogP contribution >= 0.6 is 27.3 Å². The average Bonchev–Trinajstić information content (AvgIpc) is 2.78. The zero-order chi connectivity index (χ0) is 14.7. The van der Waals surface area contributed by atoms with Crippen LogP contribution in [0.25, 0.3) is 0 Å². The lowest BCUT2D eigenvalue weighted by Gasteiger charge is -2.16. The third-order valence-corrected chi connectivity index (χ3v) is 4.38. The number of hydrogen-bond donors (Lipinski definition) is 0. The van der Waals surface area contributed by atoms with Crippen molar-refractivity contribution in [1.82, 2.24) is 4.90 Å². The fourth-order valence-electron chi connectivity index (χ4n) is 1.75. The van der Waals surface area contributed by atoms with Gasteiger partial charge in [0.15, 0.2) is 0 Å². The van der Waals surface area contributed by atoms with Crippen molar-refractivity contribution in [1.29, 1.82) is 0 Å². The van der Waals surface area contributed by atoms with Gasteiger partial charge in [-0.15, -0.1) is 11.3 Å². The van der Waals surface area contributed by atoms with E-state index < -0.39 is 11.6 Å². The summed E-state index contributed by atoms with van der Waals surface area (Å²) in [5.41, 5.74) is 1.21. The quantitative estimate of drug-likeness (QED) is 0.808. The normalized spacial score (nSPS) is 10.6. The Balaban J connectivity index is 2.00. The lowest BCUT2D eigenvalue weighted by molar-refractivity contribution is -0.129. The first-order valence-corrected chi connectivity index (χ1v) is 7.54. The number of carbonyl (C=O) groups is 1.